The molecule has 1 amide bonds. The lowest BCUT2D eigenvalue weighted by Gasteiger charge is -2.34. The van der Waals surface area contributed by atoms with Gasteiger partial charge in [0.25, 0.3) is 0 Å². The number of fused-ring (bicyclic) bond motifs is 1. The van der Waals surface area contributed by atoms with Crippen LogP contribution < -0.4 is 10.1 Å². The van der Waals surface area contributed by atoms with E-state index in [-0.39, 0.29) is 23.3 Å². The Morgan fingerprint density at radius 2 is 1.84 bits per heavy atom. The summed E-state index contributed by atoms with van der Waals surface area (Å²) < 4.78 is 44.2. The zero-order chi connectivity index (χ0) is 31.4. The number of phenols is 1. The maximum Gasteiger partial charge on any atom is 0.573 e. The van der Waals surface area contributed by atoms with Crippen LogP contribution in [0.1, 0.15) is 48.9 Å². The van der Waals surface area contributed by atoms with Crippen molar-refractivity contribution in [2.75, 3.05) is 26.2 Å². The number of nitrogens with one attached hydrogen (secondary N) is 1. The number of ether oxygens (including phenoxy) is 1. The van der Waals surface area contributed by atoms with E-state index in [9.17, 15) is 28.2 Å². The van der Waals surface area contributed by atoms with E-state index in [0.29, 0.717) is 25.2 Å². The number of rotatable bonds is 8. The van der Waals surface area contributed by atoms with Crippen LogP contribution in [0, 0.1) is 5.92 Å². The minimum atomic E-state index is -4.81. The highest BCUT2D eigenvalue weighted by atomic mass is 79.9. The fourth-order valence-electron chi connectivity index (χ4n) is 5.74. The Labute approximate surface area is 262 Å². The molecule has 1 saturated heterocycles. The lowest BCUT2D eigenvalue weighted by Crippen LogP contribution is -2.43. The highest BCUT2D eigenvalue weighted by Crippen LogP contribution is 2.34. The predicted molar refractivity (Wildman–Crippen MR) is 163 cm³/mol. The topological polar surface area (TPSA) is 99.9 Å². The van der Waals surface area contributed by atoms with Crippen molar-refractivity contribution in [2.45, 2.75) is 44.9 Å². The second-order valence-corrected chi connectivity index (χ2v) is 11.9. The first-order chi connectivity index (χ1) is 21.0. The monoisotopic (exact) mass is 674 g/mol. The number of halogens is 4. The zero-order valence-electron chi connectivity index (χ0n) is 24.1. The molecule has 8 nitrogen and oxygen atoms in total. The molecule has 1 fully saturated rings. The summed E-state index contributed by atoms with van der Waals surface area (Å²) in [6.45, 7) is 3.25. The molecular weight excluding hydrogens is 641 g/mol. The molecule has 0 saturated carbocycles. The third kappa shape index (κ3) is 7.29. The van der Waals surface area contributed by atoms with E-state index in [1.807, 2.05) is 22.9 Å². The molecule has 1 unspecified atom stereocenters. The van der Waals surface area contributed by atoms with Crippen molar-refractivity contribution in [3.8, 4) is 11.5 Å². The number of nitrogens with zero attached hydrogens (tertiary/aromatic N) is 3. The molecule has 2 aromatic carbocycles. The first-order valence-corrected chi connectivity index (χ1v) is 15.2. The average molecular weight is 676 g/mol. The number of piperidine rings is 1. The second-order valence-electron chi connectivity index (χ2n) is 11.1. The van der Waals surface area contributed by atoms with Gasteiger partial charge in [-0.05, 0) is 89.9 Å². The summed E-state index contributed by atoms with van der Waals surface area (Å²) in [5.74, 6) is -0.248. The Bertz CT molecular complexity index is 1540. The zero-order valence-corrected chi connectivity index (χ0v) is 25.7. The average Bonchev–Trinajstić information content (AvgIpc) is 3.35. The number of alkyl halides is 3. The SMILES string of the molecule is C/C1=C(c2ccccc2O)\C=C(\NCC2CCN(C(=O)C(CO)c3ccc(OC(F)(F)F)cc3)CC2)n2ncc(Br)c2CC1. The fourth-order valence-corrected chi connectivity index (χ4v) is 6.20. The van der Waals surface area contributed by atoms with Crippen LogP contribution in [0.5, 0.6) is 11.5 Å². The fraction of sp³-hybridized carbons (Fsp3) is 0.375. The van der Waals surface area contributed by atoms with Gasteiger partial charge in [0.1, 0.15) is 17.3 Å². The van der Waals surface area contributed by atoms with Gasteiger partial charge in [0.05, 0.1) is 28.9 Å². The number of carbonyl (C=O) groups is 1. The van der Waals surface area contributed by atoms with Crippen molar-refractivity contribution in [2.24, 2.45) is 5.92 Å². The molecule has 3 heterocycles. The van der Waals surface area contributed by atoms with Crippen molar-refractivity contribution in [3.63, 3.8) is 0 Å². The number of likely N-dealkylation sites (tertiary alicyclic amines) is 1. The summed E-state index contributed by atoms with van der Waals surface area (Å²) in [5, 5.41) is 28.8. The minimum absolute atomic E-state index is 0.212. The van der Waals surface area contributed by atoms with Crippen molar-refractivity contribution in [1.29, 1.82) is 0 Å². The summed E-state index contributed by atoms with van der Waals surface area (Å²) in [7, 11) is 0. The number of hydrogen-bond acceptors (Lipinski definition) is 6. The summed E-state index contributed by atoms with van der Waals surface area (Å²) >= 11 is 3.63. The highest BCUT2D eigenvalue weighted by Gasteiger charge is 2.32. The summed E-state index contributed by atoms with van der Waals surface area (Å²) in [6.07, 6.45) is 2.06. The quantitative estimate of drug-likeness (QED) is 0.268. The van der Waals surface area contributed by atoms with Crippen molar-refractivity contribution < 1.29 is 32.9 Å². The first kappa shape index (κ1) is 31.6. The normalized spacial score (nSPS) is 19.8. The second kappa shape index (κ2) is 13.5. The Hall–Kier alpha value is -3.77. The maximum atomic E-state index is 13.3. The number of carbonyl (C=O) groups excluding carboxylic acids is 1. The Balaban J connectivity index is 1.25. The molecule has 0 bridgehead atoms. The van der Waals surface area contributed by atoms with E-state index < -0.39 is 18.9 Å². The van der Waals surface area contributed by atoms with E-state index in [2.05, 4.69) is 38.0 Å². The van der Waals surface area contributed by atoms with E-state index in [0.717, 1.165) is 70.5 Å². The van der Waals surface area contributed by atoms with Gasteiger partial charge < -0.3 is 25.2 Å². The minimum Gasteiger partial charge on any atom is -0.507 e. The Morgan fingerprint density at radius 1 is 1.14 bits per heavy atom. The summed E-state index contributed by atoms with van der Waals surface area (Å²) in [5.41, 5.74) is 4.32. The molecule has 5 rings (SSSR count). The molecule has 12 heteroatoms. The standard InChI is InChI=1S/C32H34BrF3N4O4/c1-20-6-11-28-27(33)18-38-40(28)30(16-25(20)24-4-2-3-5-29(24)42)37-17-21-12-14-39(15-13-21)31(43)26(19-41)22-7-9-23(10-8-22)44-32(34,35)36/h2-5,7-10,16,18,21,26,37,41-42H,6,11-15,17,19H2,1H3/b25-20-,30-16-. The van der Waals surface area contributed by atoms with E-state index in [1.165, 1.54) is 12.1 Å². The Morgan fingerprint density at radius 3 is 2.50 bits per heavy atom. The van der Waals surface area contributed by atoms with Gasteiger partial charge in [0.2, 0.25) is 5.91 Å². The molecule has 2 aliphatic heterocycles. The molecule has 1 aromatic heterocycles. The van der Waals surface area contributed by atoms with Gasteiger partial charge in [-0.25, -0.2) is 4.68 Å². The predicted octanol–water partition coefficient (Wildman–Crippen LogP) is 6.07. The number of aromatic hydroxyl groups is 1. The molecule has 0 aliphatic carbocycles. The summed E-state index contributed by atoms with van der Waals surface area (Å²) in [4.78, 5) is 15.0. The Kier molecular flexibility index (Phi) is 9.69. The third-order valence-electron chi connectivity index (χ3n) is 8.21. The van der Waals surface area contributed by atoms with Crippen molar-refractivity contribution >= 4 is 33.2 Å². The number of allylic oxidation sites excluding steroid dienone is 3. The number of amides is 1. The number of benzene rings is 2. The van der Waals surface area contributed by atoms with Crippen molar-refractivity contribution in [1.82, 2.24) is 20.0 Å². The molecule has 1 atom stereocenters. The van der Waals surface area contributed by atoms with Crippen LogP contribution in [-0.4, -0.2) is 63.4 Å². The number of aliphatic hydroxyl groups excluding tert-OH is 1. The molecule has 2 aliphatic rings. The van der Waals surface area contributed by atoms with Gasteiger partial charge in [-0.2, -0.15) is 5.10 Å². The number of aliphatic hydroxyl groups is 1. The van der Waals surface area contributed by atoms with Crippen LogP contribution in [0.4, 0.5) is 13.2 Å². The molecular formula is C32H34BrF3N4O4. The lowest BCUT2D eigenvalue weighted by molar-refractivity contribution is -0.274. The van der Waals surface area contributed by atoms with E-state index >= 15 is 0 Å². The molecule has 0 spiro atoms. The largest absolute Gasteiger partial charge is 0.573 e. The van der Waals surface area contributed by atoms with Gasteiger partial charge in [-0.1, -0.05) is 35.9 Å². The number of hydrogen-bond donors (Lipinski definition) is 3. The third-order valence-corrected chi connectivity index (χ3v) is 8.88. The molecule has 3 aromatic rings. The first-order valence-electron chi connectivity index (χ1n) is 14.5. The number of aromatic nitrogens is 2. The number of para-hydroxylation sites is 1. The van der Waals surface area contributed by atoms with E-state index in [4.69, 9.17) is 0 Å². The molecule has 0 radical (unpaired) electrons. The van der Waals surface area contributed by atoms with Crippen molar-refractivity contribution in [3.05, 3.63) is 87.7 Å². The maximum absolute atomic E-state index is 13.3. The lowest BCUT2D eigenvalue weighted by atomic mass is 9.93. The summed E-state index contributed by atoms with van der Waals surface area (Å²) in [6, 6.07) is 12.3. The number of phenolic OH excluding ortho intramolecular Hbond substituents is 1. The van der Waals surface area contributed by atoms with Gasteiger partial charge >= 0.3 is 6.36 Å². The highest BCUT2D eigenvalue weighted by molar-refractivity contribution is 9.10. The van der Waals surface area contributed by atoms with Crippen LogP contribution in [0.2, 0.25) is 0 Å². The van der Waals surface area contributed by atoms with Gasteiger partial charge in [0.15, 0.2) is 0 Å². The van der Waals surface area contributed by atoms with Gasteiger partial charge in [-0.3, -0.25) is 4.79 Å². The molecule has 234 valence electrons. The van der Waals surface area contributed by atoms with Crippen LogP contribution in [0.25, 0.3) is 11.4 Å². The smallest absolute Gasteiger partial charge is 0.507 e. The van der Waals surface area contributed by atoms with Gasteiger partial charge in [-0.15, -0.1) is 13.2 Å². The van der Waals surface area contributed by atoms with Crippen LogP contribution >= 0.6 is 15.9 Å². The van der Waals surface area contributed by atoms with Crippen LogP contribution in [0.3, 0.4) is 0 Å². The van der Waals surface area contributed by atoms with Crippen LogP contribution in [0.15, 0.2) is 70.8 Å². The van der Waals surface area contributed by atoms with E-state index in [1.54, 1.807) is 23.2 Å². The molecule has 3 N–H and O–H groups in total. The van der Waals surface area contributed by atoms with Gasteiger partial charge in [0, 0.05) is 25.2 Å². The molecule has 44 heavy (non-hydrogen) atoms. The van der Waals surface area contributed by atoms with Crippen LogP contribution in [-0.2, 0) is 11.2 Å².